The fourth-order valence-electron chi connectivity index (χ4n) is 6.67. The first-order valence-corrected chi connectivity index (χ1v) is 25.7. The Kier molecular flexibility index (Phi) is 48.0. The largest absolute Gasteiger partial charge is 0.462 e. The van der Waals surface area contributed by atoms with Gasteiger partial charge in [-0.05, 0) is 122 Å². The Morgan fingerprint density at radius 1 is 0.333 bits per heavy atom. The van der Waals surface area contributed by atoms with E-state index in [1.807, 2.05) is 0 Å². The minimum absolute atomic E-state index is 0.105. The number of unbranched alkanes of at least 4 members (excludes halogenated alkanes) is 18. The summed E-state index contributed by atoms with van der Waals surface area (Å²) in [5.41, 5.74) is 0. The number of hydrogen-bond acceptors (Lipinski definition) is 6. The first-order chi connectivity index (χ1) is 31.0. The molecule has 0 aromatic rings. The molecule has 0 aromatic carbocycles. The lowest BCUT2D eigenvalue weighted by Crippen LogP contribution is -2.30. The van der Waals surface area contributed by atoms with E-state index >= 15 is 0 Å². The number of allylic oxidation sites excluding steroid dienone is 16. The van der Waals surface area contributed by atoms with Crippen LogP contribution in [0.3, 0.4) is 0 Å². The molecule has 0 N–H and O–H groups in total. The highest BCUT2D eigenvalue weighted by Gasteiger charge is 2.19. The molecule has 1 atom stereocenters. The molecule has 0 aliphatic rings. The van der Waals surface area contributed by atoms with Crippen LogP contribution in [-0.4, -0.2) is 37.2 Å². The van der Waals surface area contributed by atoms with E-state index in [1.165, 1.54) is 64.2 Å². The van der Waals surface area contributed by atoms with Crippen LogP contribution in [0.1, 0.15) is 226 Å². The number of ether oxygens (including phenoxy) is 3. The molecular formula is C57H94O6. The lowest BCUT2D eigenvalue weighted by atomic mass is 10.1. The maximum absolute atomic E-state index is 12.8. The molecule has 6 nitrogen and oxygen atoms in total. The van der Waals surface area contributed by atoms with Gasteiger partial charge in [0.2, 0.25) is 0 Å². The number of carbonyl (C=O) groups excluding carboxylic acids is 3. The van der Waals surface area contributed by atoms with Crippen LogP contribution in [0.25, 0.3) is 0 Å². The molecule has 0 fully saturated rings. The van der Waals surface area contributed by atoms with Crippen molar-refractivity contribution in [3.63, 3.8) is 0 Å². The van der Waals surface area contributed by atoms with E-state index in [-0.39, 0.29) is 37.5 Å². The Bertz CT molecular complexity index is 1280. The maximum Gasteiger partial charge on any atom is 0.306 e. The van der Waals surface area contributed by atoms with Gasteiger partial charge in [-0.15, -0.1) is 0 Å². The standard InChI is InChI=1S/C57H94O6/c1-4-7-10-13-16-19-22-25-27-28-30-33-36-39-42-45-48-51-57(60)63-54(52-61-55(58)49-46-43-40-37-34-31-24-21-18-15-12-9-6-3)53-62-56(59)50-47-44-41-38-35-32-29-26-23-20-17-14-11-8-5-2/h8,11,16-17,19-21,24-27,29-30,33,35,38,54H,4-7,9-10,12-15,18,22-23,28,31-32,34,36-37,39-53H2,1-3H3/b11-8-,19-16-,20-17-,24-21-,27-25-,29-26-,33-30-,38-35-/t54-/m0/s1. The van der Waals surface area contributed by atoms with Gasteiger partial charge in [-0.3, -0.25) is 14.4 Å². The van der Waals surface area contributed by atoms with Crippen LogP contribution in [0.15, 0.2) is 97.2 Å². The molecule has 358 valence electrons. The Morgan fingerprint density at radius 2 is 0.619 bits per heavy atom. The van der Waals surface area contributed by atoms with Crippen LogP contribution >= 0.6 is 0 Å². The summed E-state index contributed by atoms with van der Waals surface area (Å²) in [6, 6.07) is 0. The summed E-state index contributed by atoms with van der Waals surface area (Å²) < 4.78 is 16.7. The van der Waals surface area contributed by atoms with E-state index in [0.29, 0.717) is 12.8 Å². The highest BCUT2D eigenvalue weighted by atomic mass is 16.6. The van der Waals surface area contributed by atoms with Crippen molar-refractivity contribution < 1.29 is 28.6 Å². The van der Waals surface area contributed by atoms with Gasteiger partial charge in [0.25, 0.3) is 0 Å². The molecule has 0 aromatic heterocycles. The molecule has 0 spiro atoms. The van der Waals surface area contributed by atoms with Crippen molar-refractivity contribution in [1.82, 2.24) is 0 Å². The molecule has 0 saturated heterocycles. The third kappa shape index (κ3) is 49.2. The van der Waals surface area contributed by atoms with E-state index < -0.39 is 6.10 Å². The van der Waals surface area contributed by atoms with Gasteiger partial charge in [-0.25, -0.2) is 0 Å². The van der Waals surface area contributed by atoms with Gasteiger partial charge < -0.3 is 14.2 Å². The van der Waals surface area contributed by atoms with E-state index in [9.17, 15) is 14.4 Å². The summed E-state index contributed by atoms with van der Waals surface area (Å²) in [5, 5.41) is 0. The van der Waals surface area contributed by atoms with Crippen LogP contribution in [-0.2, 0) is 28.6 Å². The highest BCUT2D eigenvalue weighted by molar-refractivity contribution is 5.71. The number of hydrogen-bond donors (Lipinski definition) is 0. The van der Waals surface area contributed by atoms with Gasteiger partial charge >= 0.3 is 17.9 Å². The molecule has 0 rings (SSSR count). The normalized spacial score (nSPS) is 12.9. The van der Waals surface area contributed by atoms with Crippen molar-refractivity contribution in [3.05, 3.63) is 97.2 Å². The van der Waals surface area contributed by atoms with Crippen LogP contribution in [0.2, 0.25) is 0 Å². The molecule has 6 heteroatoms. The molecule has 0 bridgehead atoms. The summed E-state index contributed by atoms with van der Waals surface area (Å²) in [4.78, 5) is 38.0. The average molecular weight is 875 g/mol. The lowest BCUT2D eigenvalue weighted by molar-refractivity contribution is -0.167. The van der Waals surface area contributed by atoms with E-state index in [2.05, 4.69) is 118 Å². The molecule has 0 unspecified atom stereocenters. The molecular weight excluding hydrogens is 781 g/mol. The SMILES string of the molecule is CC/C=C\C/C=C\C/C=C\C/C=C\CCCCC(=O)OC[C@H](COC(=O)CCCCCCC/C=C\CCCCCC)OC(=O)CCCCCC/C=C\C/C=C\C/C=C\CCCCC. The smallest absolute Gasteiger partial charge is 0.306 e. The van der Waals surface area contributed by atoms with Crippen LogP contribution in [0, 0.1) is 0 Å². The maximum atomic E-state index is 12.8. The zero-order valence-electron chi connectivity index (χ0n) is 40.8. The quantitative estimate of drug-likeness (QED) is 0.0262. The minimum Gasteiger partial charge on any atom is -0.462 e. The molecule has 0 heterocycles. The Balaban J connectivity index is 4.52. The molecule has 0 radical (unpaired) electrons. The van der Waals surface area contributed by atoms with Gasteiger partial charge in [-0.1, -0.05) is 182 Å². The lowest BCUT2D eigenvalue weighted by Gasteiger charge is -2.18. The van der Waals surface area contributed by atoms with E-state index in [1.54, 1.807) is 0 Å². The van der Waals surface area contributed by atoms with Crippen molar-refractivity contribution in [2.45, 2.75) is 232 Å². The molecule has 0 aliphatic carbocycles. The second-order valence-corrected chi connectivity index (χ2v) is 16.7. The van der Waals surface area contributed by atoms with Gasteiger partial charge in [0.1, 0.15) is 13.2 Å². The summed E-state index contributed by atoms with van der Waals surface area (Å²) in [6.07, 6.45) is 66.7. The third-order valence-electron chi connectivity index (χ3n) is 10.5. The third-order valence-corrected chi connectivity index (χ3v) is 10.5. The summed E-state index contributed by atoms with van der Waals surface area (Å²) in [6.45, 7) is 6.41. The van der Waals surface area contributed by atoms with Gasteiger partial charge in [0.05, 0.1) is 0 Å². The predicted molar refractivity (Wildman–Crippen MR) is 270 cm³/mol. The van der Waals surface area contributed by atoms with Crippen molar-refractivity contribution in [2.24, 2.45) is 0 Å². The summed E-state index contributed by atoms with van der Waals surface area (Å²) in [7, 11) is 0. The first-order valence-electron chi connectivity index (χ1n) is 25.7. The van der Waals surface area contributed by atoms with E-state index in [4.69, 9.17) is 14.2 Å². The van der Waals surface area contributed by atoms with Crippen LogP contribution < -0.4 is 0 Å². The molecule has 0 amide bonds. The average Bonchev–Trinajstić information content (AvgIpc) is 3.28. The van der Waals surface area contributed by atoms with Gasteiger partial charge in [-0.2, -0.15) is 0 Å². The Labute approximate surface area is 387 Å². The van der Waals surface area contributed by atoms with Crippen LogP contribution in [0.4, 0.5) is 0 Å². The topological polar surface area (TPSA) is 78.9 Å². The summed E-state index contributed by atoms with van der Waals surface area (Å²) in [5.74, 6) is -0.983. The Morgan fingerprint density at radius 3 is 1.05 bits per heavy atom. The van der Waals surface area contributed by atoms with Gasteiger partial charge in [0, 0.05) is 19.3 Å². The number of esters is 3. The van der Waals surface area contributed by atoms with Crippen molar-refractivity contribution in [3.8, 4) is 0 Å². The molecule has 0 saturated carbocycles. The van der Waals surface area contributed by atoms with Crippen molar-refractivity contribution >= 4 is 17.9 Å². The fourth-order valence-corrected chi connectivity index (χ4v) is 6.67. The zero-order chi connectivity index (χ0) is 45.8. The zero-order valence-corrected chi connectivity index (χ0v) is 40.8. The minimum atomic E-state index is -0.810. The van der Waals surface area contributed by atoms with Crippen molar-refractivity contribution in [2.75, 3.05) is 13.2 Å². The summed E-state index contributed by atoms with van der Waals surface area (Å²) >= 11 is 0. The first kappa shape index (κ1) is 59.3. The van der Waals surface area contributed by atoms with Gasteiger partial charge in [0.15, 0.2) is 6.10 Å². The highest BCUT2D eigenvalue weighted by Crippen LogP contribution is 2.12. The predicted octanol–water partition coefficient (Wildman–Crippen LogP) is 17.0. The molecule has 63 heavy (non-hydrogen) atoms. The number of rotatable bonds is 45. The monoisotopic (exact) mass is 875 g/mol. The molecule has 0 aliphatic heterocycles. The Hall–Kier alpha value is -3.67. The second-order valence-electron chi connectivity index (χ2n) is 16.7. The van der Waals surface area contributed by atoms with Crippen molar-refractivity contribution in [1.29, 1.82) is 0 Å². The fraction of sp³-hybridized carbons (Fsp3) is 0.667. The second kappa shape index (κ2) is 51.0. The van der Waals surface area contributed by atoms with E-state index in [0.717, 1.165) is 122 Å². The van der Waals surface area contributed by atoms with Crippen LogP contribution in [0.5, 0.6) is 0 Å². The number of carbonyl (C=O) groups is 3.